The van der Waals surface area contributed by atoms with E-state index in [-0.39, 0.29) is 19.3 Å². The highest BCUT2D eigenvalue weighted by Crippen LogP contribution is 2.62. The molecule has 11 aromatic rings. The van der Waals surface area contributed by atoms with Crippen molar-refractivity contribution in [2.24, 2.45) is 0 Å². The first-order chi connectivity index (χ1) is 36.3. The Kier molecular flexibility index (Phi) is 7.93. The van der Waals surface area contributed by atoms with Crippen molar-refractivity contribution in [2.45, 2.75) is 5.92 Å². The normalized spacial score (nSPS) is 15.1. The first kappa shape index (κ1) is 39.5. The quantitative estimate of drug-likeness (QED) is 0.163. The molecule has 0 aromatic heterocycles. The van der Waals surface area contributed by atoms with Crippen LogP contribution in [0.2, 0.25) is 0 Å². The van der Waals surface area contributed by atoms with Gasteiger partial charge in [-0.25, -0.2) is 0 Å². The third-order valence-electron chi connectivity index (χ3n) is 16.8. The van der Waals surface area contributed by atoms with Crippen molar-refractivity contribution in [1.82, 2.24) is 0 Å². The summed E-state index contributed by atoms with van der Waals surface area (Å²) < 4.78 is 0. The Morgan fingerprint density at radius 2 is 0.658 bits per heavy atom. The van der Waals surface area contributed by atoms with Crippen LogP contribution in [-0.4, -0.2) is 13.4 Å². The molecule has 0 radical (unpaired) electrons. The van der Waals surface area contributed by atoms with Crippen molar-refractivity contribution in [3.05, 3.63) is 265 Å². The van der Waals surface area contributed by atoms with Crippen molar-refractivity contribution in [3.8, 4) is 22.3 Å². The molecular formula is C67H42B2N4. The molecule has 11 aromatic carbocycles. The van der Waals surface area contributed by atoms with Crippen LogP contribution in [0.15, 0.2) is 249 Å². The Labute approximate surface area is 425 Å². The zero-order valence-corrected chi connectivity index (χ0v) is 39.7. The molecule has 0 fully saturated rings. The number of para-hydroxylation sites is 6. The Morgan fingerprint density at radius 1 is 0.260 bits per heavy atom. The van der Waals surface area contributed by atoms with Gasteiger partial charge in [-0.3, -0.25) is 0 Å². The van der Waals surface area contributed by atoms with E-state index in [0.717, 1.165) is 22.7 Å². The summed E-state index contributed by atoms with van der Waals surface area (Å²) in [5, 5.41) is 0. The molecule has 6 heteroatoms. The fourth-order valence-electron chi connectivity index (χ4n) is 14.2. The maximum absolute atomic E-state index is 2.62. The second kappa shape index (κ2) is 14.7. The summed E-state index contributed by atoms with van der Waals surface area (Å²) in [5.41, 5.74) is 32.1. The van der Waals surface area contributed by atoms with E-state index in [4.69, 9.17) is 0 Å². The third kappa shape index (κ3) is 5.16. The van der Waals surface area contributed by atoms with E-state index in [1.165, 1.54) is 117 Å². The molecule has 4 aliphatic heterocycles. The number of hydrogen-bond acceptors (Lipinski definition) is 4. The second-order valence-electron chi connectivity index (χ2n) is 20.3. The molecule has 0 N–H and O–H groups in total. The number of anilines is 12. The van der Waals surface area contributed by atoms with E-state index < -0.39 is 0 Å². The van der Waals surface area contributed by atoms with E-state index in [0.29, 0.717) is 0 Å². The monoisotopic (exact) mass is 924 g/mol. The second-order valence-corrected chi connectivity index (χ2v) is 20.3. The lowest BCUT2D eigenvalue weighted by atomic mass is 9.33. The highest BCUT2D eigenvalue weighted by Gasteiger charge is 2.50. The lowest BCUT2D eigenvalue weighted by Crippen LogP contribution is -2.61. The molecule has 1 atom stereocenters. The summed E-state index contributed by atoms with van der Waals surface area (Å²) in [4.78, 5) is 10.1. The summed E-state index contributed by atoms with van der Waals surface area (Å²) in [6, 6.07) is 93.3. The van der Waals surface area contributed by atoms with Crippen LogP contribution in [0.5, 0.6) is 0 Å². The average Bonchev–Trinajstić information content (AvgIpc) is 3.97. The smallest absolute Gasteiger partial charge is 0.252 e. The van der Waals surface area contributed by atoms with E-state index >= 15 is 0 Å². The Morgan fingerprint density at radius 3 is 1.19 bits per heavy atom. The number of benzene rings is 11. The van der Waals surface area contributed by atoms with Gasteiger partial charge < -0.3 is 19.6 Å². The average molecular weight is 925 g/mol. The minimum Gasteiger partial charge on any atom is -0.311 e. The van der Waals surface area contributed by atoms with Crippen LogP contribution in [0.3, 0.4) is 0 Å². The molecular weight excluding hydrogens is 882 g/mol. The van der Waals surface area contributed by atoms with Gasteiger partial charge >= 0.3 is 0 Å². The van der Waals surface area contributed by atoms with Crippen LogP contribution in [0.4, 0.5) is 68.2 Å². The van der Waals surface area contributed by atoms with Crippen LogP contribution in [0.1, 0.15) is 22.6 Å². The molecule has 336 valence electrons. The summed E-state index contributed by atoms with van der Waals surface area (Å²) in [5.74, 6) is 0.0182. The van der Waals surface area contributed by atoms with Gasteiger partial charge in [0.25, 0.3) is 13.4 Å². The van der Waals surface area contributed by atoms with Crippen LogP contribution in [0, 0.1) is 0 Å². The number of fused-ring (bicyclic) bond motifs is 15. The van der Waals surface area contributed by atoms with Crippen molar-refractivity contribution >= 4 is 114 Å². The molecule has 4 nitrogen and oxygen atoms in total. The van der Waals surface area contributed by atoms with Crippen molar-refractivity contribution in [2.75, 3.05) is 19.6 Å². The minimum absolute atomic E-state index is 0.0182. The molecule has 0 saturated heterocycles. The van der Waals surface area contributed by atoms with Crippen molar-refractivity contribution < 1.29 is 0 Å². The van der Waals surface area contributed by atoms with E-state index in [1.54, 1.807) is 0 Å². The Bertz CT molecular complexity index is 4140. The summed E-state index contributed by atoms with van der Waals surface area (Å²) in [7, 11) is 0. The van der Waals surface area contributed by atoms with Gasteiger partial charge in [0.05, 0.1) is 0 Å². The van der Waals surface area contributed by atoms with Gasteiger partial charge in [-0.15, -0.1) is 0 Å². The Hall–Kier alpha value is -9.25. The van der Waals surface area contributed by atoms with Gasteiger partial charge in [-0.1, -0.05) is 158 Å². The molecule has 1 unspecified atom stereocenters. The molecule has 17 rings (SSSR count). The van der Waals surface area contributed by atoms with Crippen LogP contribution >= 0.6 is 0 Å². The highest BCUT2D eigenvalue weighted by atomic mass is 15.2. The lowest BCUT2D eigenvalue weighted by Gasteiger charge is -2.45. The van der Waals surface area contributed by atoms with Gasteiger partial charge in [-0.05, 0) is 163 Å². The number of hydrogen-bond donors (Lipinski definition) is 0. The fraction of sp³-hybridized carbons (Fsp3) is 0.0149. The maximum atomic E-state index is 2.62. The maximum Gasteiger partial charge on any atom is 0.252 e. The number of nitrogens with zero attached hydrogens (tertiary/aromatic N) is 4. The first-order valence-electron chi connectivity index (χ1n) is 25.6. The summed E-state index contributed by atoms with van der Waals surface area (Å²) >= 11 is 0. The molecule has 0 spiro atoms. The van der Waals surface area contributed by atoms with Gasteiger partial charge in [0.1, 0.15) is 0 Å². The van der Waals surface area contributed by atoms with Gasteiger partial charge in [0.15, 0.2) is 0 Å². The van der Waals surface area contributed by atoms with E-state index in [2.05, 4.69) is 268 Å². The van der Waals surface area contributed by atoms with Crippen molar-refractivity contribution in [3.63, 3.8) is 0 Å². The lowest BCUT2D eigenvalue weighted by molar-refractivity contribution is 1.04. The zero-order chi connectivity index (χ0) is 47.5. The van der Waals surface area contributed by atoms with Gasteiger partial charge in [-0.2, -0.15) is 0 Å². The third-order valence-corrected chi connectivity index (χ3v) is 16.8. The fourth-order valence-corrected chi connectivity index (χ4v) is 14.2. The van der Waals surface area contributed by atoms with Crippen LogP contribution in [-0.2, 0) is 0 Å². The molecule has 6 aliphatic rings. The highest BCUT2D eigenvalue weighted by molar-refractivity contribution is 7.01. The largest absolute Gasteiger partial charge is 0.311 e. The predicted molar refractivity (Wildman–Crippen MR) is 306 cm³/mol. The van der Waals surface area contributed by atoms with Crippen LogP contribution < -0.4 is 52.4 Å². The van der Waals surface area contributed by atoms with Crippen molar-refractivity contribution in [1.29, 1.82) is 0 Å². The molecule has 73 heavy (non-hydrogen) atoms. The zero-order valence-electron chi connectivity index (χ0n) is 39.7. The molecule has 2 aliphatic carbocycles. The molecule has 4 heterocycles. The first-order valence-corrected chi connectivity index (χ1v) is 25.6. The summed E-state index contributed by atoms with van der Waals surface area (Å²) in [6.45, 7) is 0.0497. The summed E-state index contributed by atoms with van der Waals surface area (Å²) in [6.07, 6.45) is 0. The van der Waals surface area contributed by atoms with Crippen LogP contribution in [0.25, 0.3) is 22.3 Å². The standard InChI is InChI=1S/C67H42B2N4/c1-5-20-42(21-6-1)70-55-32-15-13-30-51(55)68-53-39-38-48-46-28-17-29-47-49-40-54-61(41-50(49)63(62(46)47)64(48)67(53)73(45-26-11-4-12-27-45)60-37-19-35-58(70)66(60)68)72(44-24-9-3-10-25-44)59-36-18-34-57-65(59)69(54)52-31-14-16-33-56(52)71(57)43-22-7-2-8-23-43/h1-41,63H. The minimum atomic E-state index is 0.0182. The predicted octanol–water partition coefficient (Wildman–Crippen LogP) is 13.0. The van der Waals surface area contributed by atoms with E-state index in [1.807, 2.05) is 0 Å². The Balaban J connectivity index is 0.935. The topological polar surface area (TPSA) is 13.0 Å². The molecule has 0 amide bonds. The van der Waals surface area contributed by atoms with Gasteiger partial charge in [0.2, 0.25) is 0 Å². The molecule has 0 bridgehead atoms. The number of rotatable bonds is 4. The van der Waals surface area contributed by atoms with Gasteiger partial charge in [0, 0.05) is 74.2 Å². The SMILES string of the molecule is c1ccc(N2c3ccccc3B3c4cc5c(cc4N(c4ccccc4)c4cccc2c43)C2c3c-5cccc3-c3ccc4c(c32)N(c2ccccc2)c2cccc3c2B4c2ccccc2N3c2ccccc2)cc1. The molecule has 0 saturated carbocycles. The van der Waals surface area contributed by atoms with E-state index in [9.17, 15) is 0 Å².